The number of halogens is 1. The molecular weight excluding hydrogens is 236 g/mol. The van der Waals surface area contributed by atoms with E-state index in [9.17, 15) is 5.11 Å². The van der Waals surface area contributed by atoms with Gasteiger partial charge < -0.3 is 10.0 Å². The topological polar surface area (TPSA) is 47.3 Å². The first-order valence-electron chi connectivity index (χ1n) is 5.63. The fourth-order valence-corrected chi connectivity index (χ4v) is 2.17. The Hall–Kier alpha value is -1.24. The number of nitrogens with zero attached hydrogens (tertiary/aromatic N) is 2. The van der Waals surface area contributed by atoms with Gasteiger partial charge in [-0.3, -0.25) is 0 Å². The number of β-amino-alcohol motifs (C(OH)–C–C–N with tert-alkyl or cyclic N) is 1. The van der Waals surface area contributed by atoms with E-state index in [4.69, 9.17) is 16.9 Å². The zero-order valence-electron chi connectivity index (χ0n) is 9.94. The van der Waals surface area contributed by atoms with Crippen LogP contribution < -0.4 is 4.90 Å². The van der Waals surface area contributed by atoms with Crippen molar-refractivity contribution >= 4 is 17.3 Å². The quantitative estimate of drug-likeness (QED) is 0.877. The van der Waals surface area contributed by atoms with Gasteiger partial charge in [-0.2, -0.15) is 5.26 Å². The summed E-state index contributed by atoms with van der Waals surface area (Å²) < 4.78 is 0. The van der Waals surface area contributed by atoms with E-state index in [0.717, 1.165) is 5.69 Å². The number of benzene rings is 1. The molecule has 90 valence electrons. The lowest BCUT2D eigenvalue weighted by molar-refractivity contribution is -0.0300. The molecule has 0 atom stereocenters. The minimum atomic E-state index is -0.597. The standard InChI is InChI=1S/C13H15ClN2O/c1-9(2)13(17)7-16(8-13)11-4-3-10(6-15)12(14)5-11/h3-5,9,17H,7-8H2,1-2H3. The molecule has 0 unspecified atom stereocenters. The van der Waals surface area contributed by atoms with Crippen molar-refractivity contribution in [2.45, 2.75) is 19.4 Å². The Morgan fingerprint density at radius 3 is 2.59 bits per heavy atom. The molecule has 1 aromatic rings. The molecule has 0 amide bonds. The molecule has 1 aromatic carbocycles. The Bertz CT molecular complexity index is 473. The molecule has 1 N–H and O–H groups in total. The molecule has 0 saturated carbocycles. The van der Waals surface area contributed by atoms with E-state index < -0.39 is 5.60 Å². The van der Waals surface area contributed by atoms with E-state index >= 15 is 0 Å². The predicted octanol–water partition coefficient (Wildman–Crippen LogP) is 2.42. The second-order valence-electron chi connectivity index (χ2n) is 4.89. The lowest BCUT2D eigenvalue weighted by Gasteiger charge is -2.50. The van der Waals surface area contributed by atoms with Crippen molar-refractivity contribution in [1.29, 1.82) is 5.26 Å². The van der Waals surface area contributed by atoms with Gasteiger partial charge in [0.15, 0.2) is 0 Å². The molecule has 0 radical (unpaired) electrons. The third-order valence-electron chi connectivity index (χ3n) is 3.44. The zero-order chi connectivity index (χ0) is 12.6. The molecule has 1 aliphatic rings. The molecule has 0 spiro atoms. The Labute approximate surface area is 106 Å². The van der Waals surface area contributed by atoms with Crippen LogP contribution in [0.5, 0.6) is 0 Å². The van der Waals surface area contributed by atoms with Gasteiger partial charge in [0.2, 0.25) is 0 Å². The first-order chi connectivity index (χ1) is 7.96. The van der Waals surface area contributed by atoms with Crippen LogP contribution in [0, 0.1) is 17.2 Å². The summed E-state index contributed by atoms with van der Waals surface area (Å²) in [5, 5.41) is 19.4. The van der Waals surface area contributed by atoms with Crippen LogP contribution in [-0.4, -0.2) is 23.8 Å². The highest BCUT2D eigenvalue weighted by molar-refractivity contribution is 6.32. The number of nitriles is 1. The normalized spacial score (nSPS) is 17.8. The Balaban J connectivity index is 2.13. The molecule has 0 aromatic heterocycles. The van der Waals surface area contributed by atoms with Crippen LogP contribution >= 0.6 is 11.6 Å². The van der Waals surface area contributed by atoms with Crippen LogP contribution in [0.15, 0.2) is 18.2 Å². The number of aliphatic hydroxyl groups is 1. The molecule has 0 bridgehead atoms. The number of anilines is 1. The van der Waals surface area contributed by atoms with E-state index in [0.29, 0.717) is 23.7 Å². The summed E-state index contributed by atoms with van der Waals surface area (Å²) in [5.41, 5.74) is 0.842. The predicted molar refractivity (Wildman–Crippen MR) is 68.2 cm³/mol. The zero-order valence-corrected chi connectivity index (χ0v) is 10.7. The fraction of sp³-hybridized carbons (Fsp3) is 0.462. The van der Waals surface area contributed by atoms with Crippen molar-refractivity contribution < 1.29 is 5.11 Å². The molecule has 0 aliphatic carbocycles. The van der Waals surface area contributed by atoms with Crippen molar-refractivity contribution in [3.63, 3.8) is 0 Å². The van der Waals surface area contributed by atoms with Crippen LogP contribution in [-0.2, 0) is 0 Å². The highest BCUT2D eigenvalue weighted by Gasteiger charge is 2.43. The number of hydrogen-bond donors (Lipinski definition) is 1. The average molecular weight is 251 g/mol. The monoisotopic (exact) mass is 250 g/mol. The molecule has 1 fully saturated rings. The SMILES string of the molecule is CC(C)C1(O)CN(c2ccc(C#N)c(Cl)c2)C1. The first kappa shape index (κ1) is 12.2. The molecule has 4 heteroatoms. The summed E-state index contributed by atoms with van der Waals surface area (Å²) in [7, 11) is 0. The van der Waals surface area contributed by atoms with E-state index in [1.54, 1.807) is 12.1 Å². The molecule has 17 heavy (non-hydrogen) atoms. The second kappa shape index (κ2) is 4.21. The highest BCUT2D eigenvalue weighted by atomic mass is 35.5. The van der Waals surface area contributed by atoms with Gasteiger partial charge in [-0.25, -0.2) is 0 Å². The largest absolute Gasteiger partial charge is 0.386 e. The van der Waals surface area contributed by atoms with Gasteiger partial charge in [0.1, 0.15) is 11.7 Å². The van der Waals surface area contributed by atoms with Crippen LogP contribution in [0.2, 0.25) is 5.02 Å². The second-order valence-corrected chi connectivity index (χ2v) is 5.30. The van der Waals surface area contributed by atoms with E-state index in [1.807, 2.05) is 26.0 Å². The molecule has 1 saturated heterocycles. The summed E-state index contributed by atoms with van der Waals surface area (Å²) in [5.74, 6) is 0.243. The van der Waals surface area contributed by atoms with Gasteiger partial charge in [0, 0.05) is 18.8 Å². The number of rotatable bonds is 2. The smallest absolute Gasteiger partial charge is 0.102 e. The maximum Gasteiger partial charge on any atom is 0.102 e. The van der Waals surface area contributed by atoms with Gasteiger partial charge in [-0.05, 0) is 24.1 Å². The Morgan fingerprint density at radius 1 is 1.47 bits per heavy atom. The van der Waals surface area contributed by atoms with E-state index in [2.05, 4.69) is 4.90 Å². The summed E-state index contributed by atoms with van der Waals surface area (Å²) in [4.78, 5) is 2.06. The van der Waals surface area contributed by atoms with E-state index in [-0.39, 0.29) is 5.92 Å². The molecule has 1 heterocycles. The summed E-state index contributed by atoms with van der Waals surface area (Å²) in [6.45, 7) is 5.27. The van der Waals surface area contributed by atoms with Gasteiger partial charge in [0.05, 0.1) is 10.6 Å². The molecular formula is C13H15ClN2O. The highest BCUT2D eigenvalue weighted by Crippen LogP contribution is 2.34. The van der Waals surface area contributed by atoms with E-state index in [1.165, 1.54) is 0 Å². The Morgan fingerprint density at radius 2 is 2.12 bits per heavy atom. The Kier molecular flexibility index (Phi) is 3.03. The van der Waals surface area contributed by atoms with Gasteiger partial charge >= 0.3 is 0 Å². The molecule has 2 rings (SSSR count). The average Bonchev–Trinajstić information content (AvgIpc) is 2.24. The lowest BCUT2D eigenvalue weighted by Crippen LogP contribution is -2.64. The van der Waals surface area contributed by atoms with Gasteiger partial charge in [0.25, 0.3) is 0 Å². The third kappa shape index (κ3) is 2.11. The van der Waals surface area contributed by atoms with Crippen molar-refractivity contribution in [3.05, 3.63) is 28.8 Å². The number of hydrogen-bond acceptors (Lipinski definition) is 3. The van der Waals surface area contributed by atoms with Crippen molar-refractivity contribution in [2.75, 3.05) is 18.0 Å². The fourth-order valence-electron chi connectivity index (χ4n) is 1.95. The maximum absolute atomic E-state index is 10.2. The van der Waals surface area contributed by atoms with Crippen LogP contribution in [0.1, 0.15) is 19.4 Å². The maximum atomic E-state index is 10.2. The third-order valence-corrected chi connectivity index (χ3v) is 3.75. The minimum Gasteiger partial charge on any atom is -0.386 e. The van der Waals surface area contributed by atoms with Crippen molar-refractivity contribution in [1.82, 2.24) is 0 Å². The molecule has 3 nitrogen and oxygen atoms in total. The van der Waals surface area contributed by atoms with Crippen molar-refractivity contribution in [2.24, 2.45) is 5.92 Å². The van der Waals surface area contributed by atoms with Crippen LogP contribution in [0.25, 0.3) is 0 Å². The van der Waals surface area contributed by atoms with Crippen LogP contribution in [0.3, 0.4) is 0 Å². The summed E-state index contributed by atoms with van der Waals surface area (Å²) >= 11 is 5.98. The van der Waals surface area contributed by atoms with Gasteiger partial charge in [-0.15, -0.1) is 0 Å². The van der Waals surface area contributed by atoms with Crippen molar-refractivity contribution in [3.8, 4) is 6.07 Å². The first-order valence-corrected chi connectivity index (χ1v) is 6.01. The summed E-state index contributed by atoms with van der Waals surface area (Å²) in [6, 6.07) is 7.39. The summed E-state index contributed by atoms with van der Waals surface area (Å²) in [6.07, 6.45) is 0. The molecule has 1 aliphatic heterocycles. The van der Waals surface area contributed by atoms with Gasteiger partial charge in [-0.1, -0.05) is 25.4 Å². The minimum absolute atomic E-state index is 0.243. The van der Waals surface area contributed by atoms with Crippen LogP contribution in [0.4, 0.5) is 5.69 Å². The lowest BCUT2D eigenvalue weighted by atomic mass is 9.82.